The molecule has 2 N–H and O–H groups in total. The number of anilines is 1. The minimum absolute atomic E-state index is 0.0259. The number of carbonyl (C=O) groups excluding carboxylic acids is 1. The van der Waals surface area contributed by atoms with E-state index >= 15 is 0 Å². The summed E-state index contributed by atoms with van der Waals surface area (Å²) in [4.78, 5) is 12.4. The molecule has 8 heteroatoms. The number of hydrogen-bond acceptors (Lipinski definition) is 4. The first-order valence-electron chi connectivity index (χ1n) is 9.21. The van der Waals surface area contributed by atoms with E-state index in [2.05, 4.69) is 15.1 Å². The number of hydrogen-bond donors (Lipinski definition) is 2. The first kappa shape index (κ1) is 19.1. The van der Waals surface area contributed by atoms with Crippen molar-refractivity contribution in [1.29, 1.82) is 0 Å². The number of sulfonamides is 1. The van der Waals surface area contributed by atoms with E-state index in [4.69, 9.17) is 0 Å². The maximum absolute atomic E-state index is 12.3. The molecule has 1 aromatic heterocycles. The number of para-hydroxylation sites is 1. The molecule has 0 radical (unpaired) electrons. The van der Waals surface area contributed by atoms with Crippen molar-refractivity contribution in [2.45, 2.75) is 23.8 Å². The lowest BCUT2D eigenvalue weighted by Gasteiger charge is -2.08. The third-order valence-corrected chi connectivity index (χ3v) is 5.88. The molecule has 0 atom stereocenters. The summed E-state index contributed by atoms with van der Waals surface area (Å²) >= 11 is 0. The van der Waals surface area contributed by atoms with Crippen LogP contribution in [0, 0.1) is 0 Å². The summed E-state index contributed by atoms with van der Waals surface area (Å²) in [6.07, 6.45) is 8.24. The summed E-state index contributed by atoms with van der Waals surface area (Å²) in [6.45, 7) is 0. The molecule has 2 aromatic carbocycles. The second kappa shape index (κ2) is 8.02. The molecule has 148 valence electrons. The Kier molecular flexibility index (Phi) is 5.28. The van der Waals surface area contributed by atoms with Crippen LogP contribution in [0.2, 0.25) is 0 Å². The van der Waals surface area contributed by atoms with Gasteiger partial charge in [0.1, 0.15) is 0 Å². The zero-order valence-corrected chi connectivity index (χ0v) is 16.3. The Bertz CT molecular complexity index is 1150. The van der Waals surface area contributed by atoms with E-state index in [9.17, 15) is 13.2 Å². The Morgan fingerprint density at radius 2 is 1.90 bits per heavy atom. The van der Waals surface area contributed by atoms with E-state index in [1.54, 1.807) is 29.1 Å². The SMILES string of the molecule is O=C(C=Cc1cnn(-c2ccccc2)c1)Nc1cccc(S(=O)(=O)NC2CC2)c1. The maximum atomic E-state index is 12.3. The zero-order valence-electron chi connectivity index (χ0n) is 15.5. The Hall–Kier alpha value is -3.23. The van der Waals surface area contributed by atoms with Gasteiger partial charge in [-0.15, -0.1) is 0 Å². The first-order valence-corrected chi connectivity index (χ1v) is 10.7. The summed E-state index contributed by atoms with van der Waals surface area (Å²) in [6, 6.07) is 15.9. The monoisotopic (exact) mass is 408 g/mol. The summed E-state index contributed by atoms with van der Waals surface area (Å²) in [5, 5.41) is 6.96. The highest BCUT2D eigenvalue weighted by molar-refractivity contribution is 7.89. The molecule has 1 fully saturated rings. The quantitative estimate of drug-likeness (QED) is 0.588. The van der Waals surface area contributed by atoms with Gasteiger partial charge < -0.3 is 5.32 Å². The molecule has 4 rings (SSSR count). The molecule has 1 heterocycles. The van der Waals surface area contributed by atoms with Gasteiger partial charge in [-0.1, -0.05) is 24.3 Å². The number of carbonyl (C=O) groups is 1. The van der Waals surface area contributed by atoms with E-state index in [1.807, 2.05) is 36.5 Å². The fourth-order valence-electron chi connectivity index (χ4n) is 2.73. The molecule has 0 unspecified atom stereocenters. The van der Waals surface area contributed by atoms with Gasteiger partial charge in [0.25, 0.3) is 0 Å². The minimum Gasteiger partial charge on any atom is -0.322 e. The van der Waals surface area contributed by atoms with Crippen molar-refractivity contribution in [1.82, 2.24) is 14.5 Å². The van der Waals surface area contributed by atoms with Gasteiger partial charge in [0.15, 0.2) is 0 Å². The second-order valence-corrected chi connectivity index (χ2v) is 8.51. The highest BCUT2D eigenvalue weighted by atomic mass is 32.2. The molecule has 1 aliphatic rings. The van der Waals surface area contributed by atoms with Gasteiger partial charge in [-0.2, -0.15) is 5.10 Å². The molecule has 0 spiro atoms. The van der Waals surface area contributed by atoms with Crippen molar-refractivity contribution in [3.8, 4) is 5.69 Å². The molecule has 29 heavy (non-hydrogen) atoms. The van der Waals surface area contributed by atoms with Crippen LogP contribution in [0.1, 0.15) is 18.4 Å². The molecule has 7 nitrogen and oxygen atoms in total. The number of nitrogens with zero attached hydrogens (tertiary/aromatic N) is 2. The van der Waals surface area contributed by atoms with Crippen LogP contribution >= 0.6 is 0 Å². The van der Waals surface area contributed by atoms with Crippen molar-refractivity contribution < 1.29 is 13.2 Å². The third kappa shape index (κ3) is 4.98. The highest BCUT2D eigenvalue weighted by Crippen LogP contribution is 2.23. The molecule has 0 aliphatic heterocycles. The van der Waals surface area contributed by atoms with E-state index in [0.29, 0.717) is 5.69 Å². The van der Waals surface area contributed by atoms with Crippen LogP contribution in [0.3, 0.4) is 0 Å². The van der Waals surface area contributed by atoms with Crippen LogP contribution < -0.4 is 10.0 Å². The van der Waals surface area contributed by atoms with E-state index in [0.717, 1.165) is 24.1 Å². The van der Waals surface area contributed by atoms with Crippen molar-refractivity contribution in [2.24, 2.45) is 0 Å². The van der Waals surface area contributed by atoms with E-state index < -0.39 is 10.0 Å². The summed E-state index contributed by atoms with van der Waals surface area (Å²) in [5.41, 5.74) is 2.11. The zero-order chi connectivity index (χ0) is 20.3. The van der Waals surface area contributed by atoms with E-state index in [-0.39, 0.29) is 16.8 Å². The molecular formula is C21H20N4O3S. The number of aromatic nitrogens is 2. The Morgan fingerprint density at radius 3 is 2.66 bits per heavy atom. The van der Waals surface area contributed by atoms with Gasteiger partial charge in [0.2, 0.25) is 15.9 Å². The second-order valence-electron chi connectivity index (χ2n) is 6.80. The fourth-order valence-corrected chi connectivity index (χ4v) is 4.08. The predicted octanol–water partition coefficient (Wildman–Crippen LogP) is 2.96. The number of benzene rings is 2. The number of amides is 1. The van der Waals surface area contributed by atoms with E-state index in [1.165, 1.54) is 18.2 Å². The van der Waals surface area contributed by atoms with Gasteiger partial charge in [-0.25, -0.2) is 17.8 Å². The Morgan fingerprint density at radius 1 is 1.10 bits per heavy atom. The van der Waals surface area contributed by atoms with Crippen molar-refractivity contribution in [2.75, 3.05) is 5.32 Å². The molecule has 1 amide bonds. The van der Waals surface area contributed by atoms with Crippen LogP contribution in [0.5, 0.6) is 0 Å². The smallest absolute Gasteiger partial charge is 0.248 e. The van der Waals surface area contributed by atoms with Gasteiger partial charge in [-0.05, 0) is 49.2 Å². The first-order chi connectivity index (χ1) is 14.0. The minimum atomic E-state index is -3.56. The molecule has 1 saturated carbocycles. The molecule has 3 aromatic rings. The van der Waals surface area contributed by atoms with Gasteiger partial charge in [0, 0.05) is 29.6 Å². The largest absolute Gasteiger partial charge is 0.322 e. The maximum Gasteiger partial charge on any atom is 0.248 e. The molecule has 0 saturated heterocycles. The van der Waals surface area contributed by atoms with Gasteiger partial charge in [0.05, 0.1) is 16.8 Å². The summed E-state index contributed by atoms with van der Waals surface area (Å²) in [7, 11) is -3.56. The third-order valence-electron chi connectivity index (χ3n) is 4.36. The van der Waals surface area contributed by atoms with Gasteiger partial charge in [-0.3, -0.25) is 4.79 Å². The molecule has 1 aliphatic carbocycles. The van der Waals surface area contributed by atoms with Crippen LogP contribution in [0.4, 0.5) is 5.69 Å². The average molecular weight is 408 g/mol. The highest BCUT2D eigenvalue weighted by Gasteiger charge is 2.28. The lowest BCUT2D eigenvalue weighted by atomic mass is 10.3. The van der Waals surface area contributed by atoms with Crippen LogP contribution in [-0.2, 0) is 14.8 Å². The fraction of sp³-hybridized carbons (Fsp3) is 0.143. The normalized spacial score (nSPS) is 14.2. The van der Waals surface area contributed by atoms with Gasteiger partial charge >= 0.3 is 0 Å². The van der Waals surface area contributed by atoms with Crippen molar-refractivity contribution >= 4 is 27.7 Å². The number of rotatable bonds is 7. The van der Waals surface area contributed by atoms with Crippen molar-refractivity contribution in [3.63, 3.8) is 0 Å². The molecule has 0 bridgehead atoms. The van der Waals surface area contributed by atoms with Crippen molar-refractivity contribution in [3.05, 3.63) is 78.6 Å². The average Bonchev–Trinajstić information content (AvgIpc) is 3.39. The topological polar surface area (TPSA) is 93.1 Å². The number of nitrogens with one attached hydrogen (secondary N) is 2. The Balaban J connectivity index is 1.41. The van der Waals surface area contributed by atoms with Crippen LogP contribution in [-0.4, -0.2) is 30.1 Å². The standard InChI is InChI=1S/C21H20N4O3S/c26-21(12-9-16-14-22-25(15-16)19-6-2-1-3-7-19)23-18-5-4-8-20(13-18)29(27,28)24-17-10-11-17/h1-9,12-15,17,24H,10-11H2,(H,23,26). The summed E-state index contributed by atoms with van der Waals surface area (Å²) < 4.78 is 29.0. The molecular weight excluding hydrogens is 388 g/mol. The van der Waals surface area contributed by atoms with Crippen LogP contribution in [0.25, 0.3) is 11.8 Å². The summed E-state index contributed by atoms with van der Waals surface area (Å²) in [5.74, 6) is -0.359. The predicted molar refractivity (Wildman–Crippen MR) is 111 cm³/mol. The van der Waals surface area contributed by atoms with Crippen LogP contribution in [0.15, 0.2) is 78.0 Å². The Labute approximate surface area is 169 Å². The lowest BCUT2D eigenvalue weighted by Crippen LogP contribution is -2.25. The lowest BCUT2D eigenvalue weighted by molar-refractivity contribution is -0.111.